The minimum Gasteiger partial charge on any atom is -0.508 e. The Balaban J connectivity index is 2.67. The molecule has 1 aromatic carbocycles. The van der Waals surface area contributed by atoms with Crippen LogP contribution in [0.3, 0.4) is 0 Å². The van der Waals surface area contributed by atoms with Crippen LogP contribution in [-0.2, 0) is 0 Å². The second-order valence-corrected chi connectivity index (χ2v) is 4.50. The maximum atomic E-state index is 9.64. The van der Waals surface area contributed by atoms with E-state index >= 15 is 0 Å². The van der Waals surface area contributed by atoms with E-state index in [-0.39, 0.29) is 30.7 Å². The topological polar surface area (TPSA) is 93.0 Å². The van der Waals surface area contributed by atoms with Crippen molar-refractivity contribution >= 4 is 0 Å². The maximum Gasteiger partial charge on any atom is 0.124 e. The average Bonchev–Trinajstić information content (AvgIpc) is 2.26. The molecule has 0 spiro atoms. The molecule has 0 aliphatic carbocycles. The third kappa shape index (κ3) is 3.89. The fraction of sp³-hybridized carbons (Fsp3) is 0.500. The Morgan fingerprint density at radius 3 is 2.53 bits per heavy atom. The lowest BCUT2D eigenvalue weighted by Gasteiger charge is -2.24. The molecule has 0 saturated heterocycles. The summed E-state index contributed by atoms with van der Waals surface area (Å²) < 4.78 is 0. The highest BCUT2D eigenvalue weighted by Gasteiger charge is 2.20. The first-order valence-corrected chi connectivity index (χ1v) is 5.44. The van der Waals surface area contributed by atoms with E-state index in [9.17, 15) is 10.2 Å². The molecular formula is C12H19NO4. The number of aliphatic hydroxyl groups excluding tert-OH is 1. The van der Waals surface area contributed by atoms with Crippen molar-refractivity contribution in [2.45, 2.75) is 25.5 Å². The van der Waals surface area contributed by atoms with Gasteiger partial charge in [0.15, 0.2) is 0 Å². The lowest BCUT2D eigenvalue weighted by Crippen LogP contribution is -2.41. The number of phenolic OH excluding ortho intramolecular Hbond substituents is 2. The molecule has 5 heteroatoms. The third-order valence-corrected chi connectivity index (χ3v) is 2.61. The Kier molecular flexibility index (Phi) is 4.34. The first kappa shape index (κ1) is 13.8. The van der Waals surface area contributed by atoms with Gasteiger partial charge < -0.3 is 25.7 Å². The Morgan fingerprint density at radius 1 is 1.35 bits per heavy atom. The first-order chi connectivity index (χ1) is 7.85. The van der Waals surface area contributed by atoms with E-state index in [0.29, 0.717) is 5.56 Å². The van der Waals surface area contributed by atoms with Gasteiger partial charge in [-0.3, -0.25) is 0 Å². The van der Waals surface area contributed by atoms with Crippen molar-refractivity contribution in [3.8, 4) is 11.5 Å². The zero-order valence-corrected chi connectivity index (χ0v) is 10.0. The molecule has 0 aliphatic heterocycles. The number of rotatable bonds is 5. The molecule has 5 nitrogen and oxygen atoms in total. The highest BCUT2D eigenvalue weighted by Crippen LogP contribution is 2.27. The summed E-state index contributed by atoms with van der Waals surface area (Å²) in [5.41, 5.74) is -0.572. The highest BCUT2D eigenvalue weighted by atomic mass is 16.3. The molecule has 0 fully saturated rings. The van der Waals surface area contributed by atoms with E-state index in [1.165, 1.54) is 19.1 Å². The predicted octanol–water partition coefficient (Wildman–Crippen LogP) is 0.492. The van der Waals surface area contributed by atoms with Crippen LogP contribution in [0.4, 0.5) is 0 Å². The molecule has 1 rings (SSSR count). The summed E-state index contributed by atoms with van der Waals surface area (Å²) in [4.78, 5) is 0. The maximum absolute atomic E-state index is 9.64. The number of aliphatic hydroxyl groups is 2. The number of hydrogen-bond donors (Lipinski definition) is 5. The first-order valence-electron chi connectivity index (χ1n) is 5.44. The molecule has 1 aromatic rings. The van der Waals surface area contributed by atoms with Gasteiger partial charge in [-0.05, 0) is 19.9 Å². The van der Waals surface area contributed by atoms with Gasteiger partial charge in [-0.2, -0.15) is 0 Å². The van der Waals surface area contributed by atoms with Crippen LogP contribution in [0.15, 0.2) is 18.2 Å². The largest absolute Gasteiger partial charge is 0.508 e. The van der Waals surface area contributed by atoms with Crippen molar-refractivity contribution in [1.82, 2.24) is 5.32 Å². The minimum absolute atomic E-state index is 0.000745. The molecule has 0 saturated carbocycles. The molecule has 0 radical (unpaired) electrons. The molecule has 17 heavy (non-hydrogen) atoms. The van der Waals surface area contributed by atoms with Crippen LogP contribution in [0.2, 0.25) is 0 Å². The van der Waals surface area contributed by atoms with Gasteiger partial charge in [0.1, 0.15) is 11.5 Å². The molecule has 0 aliphatic rings. The van der Waals surface area contributed by atoms with Crippen LogP contribution in [-0.4, -0.2) is 39.2 Å². The summed E-state index contributed by atoms with van der Waals surface area (Å²) in [6.45, 7) is 3.20. The van der Waals surface area contributed by atoms with Gasteiger partial charge in [0, 0.05) is 24.2 Å². The Bertz CT molecular complexity index is 379. The highest BCUT2D eigenvalue weighted by molar-refractivity contribution is 5.40. The van der Waals surface area contributed by atoms with Crippen molar-refractivity contribution in [2.75, 3.05) is 13.2 Å². The Labute approximate surface area is 100 Å². The van der Waals surface area contributed by atoms with Crippen LogP contribution < -0.4 is 5.32 Å². The van der Waals surface area contributed by atoms with E-state index in [0.717, 1.165) is 0 Å². The zero-order chi connectivity index (χ0) is 13.1. The second-order valence-electron chi connectivity index (χ2n) is 4.50. The molecule has 0 aromatic heterocycles. The summed E-state index contributed by atoms with van der Waals surface area (Å²) in [6.07, 6.45) is 0. The van der Waals surface area contributed by atoms with Gasteiger partial charge in [0.05, 0.1) is 12.2 Å². The summed E-state index contributed by atoms with van der Waals surface area (Å²) in [5, 5.41) is 40.3. The summed E-state index contributed by atoms with van der Waals surface area (Å²) in [5.74, 6) is -0.00514. The van der Waals surface area contributed by atoms with Crippen LogP contribution in [0.5, 0.6) is 11.5 Å². The van der Waals surface area contributed by atoms with Crippen molar-refractivity contribution in [3.05, 3.63) is 23.8 Å². The van der Waals surface area contributed by atoms with Gasteiger partial charge in [-0.15, -0.1) is 0 Å². The summed E-state index contributed by atoms with van der Waals surface area (Å²) in [6, 6.07) is 4.15. The van der Waals surface area contributed by atoms with Gasteiger partial charge in [-0.25, -0.2) is 0 Å². The molecule has 96 valence electrons. The van der Waals surface area contributed by atoms with Crippen LogP contribution in [0.25, 0.3) is 0 Å². The summed E-state index contributed by atoms with van der Waals surface area (Å²) in [7, 11) is 0. The van der Waals surface area contributed by atoms with E-state index in [4.69, 9.17) is 10.2 Å². The van der Waals surface area contributed by atoms with E-state index in [2.05, 4.69) is 5.32 Å². The van der Waals surface area contributed by atoms with Crippen molar-refractivity contribution in [1.29, 1.82) is 0 Å². The molecule has 0 heterocycles. The SMILES string of the molecule is CC(NCC(C)(O)CO)c1ccc(O)cc1O. The number of benzene rings is 1. The van der Waals surface area contributed by atoms with E-state index in [1.807, 2.05) is 6.92 Å². The van der Waals surface area contributed by atoms with Crippen molar-refractivity contribution in [2.24, 2.45) is 0 Å². The molecule has 2 unspecified atom stereocenters. The Morgan fingerprint density at radius 2 is 2.00 bits per heavy atom. The lowest BCUT2D eigenvalue weighted by atomic mass is 10.0. The molecule has 2 atom stereocenters. The van der Waals surface area contributed by atoms with Gasteiger partial charge in [0.2, 0.25) is 0 Å². The van der Waals surface area contributed by atoms with Crippen molar-refractivity contribution in [3.63, 3.8) is 0 Å². The third-order valence-electron chi connectivity index (χ3n) is 2.61. The fourth-order valence-corrected chi connectivity index (χ4v) is 1.44. The van der Waals surface area contributed by atoms with Crippen LogP contribution >= 0.6 is 0 Å². The van der Waals surface area contributed by atoms with Gasteiger partial charge in [-0.1, -0.05) is 6.07 Å². The minimum atomic E-state index is -1.19. The van der Waals surface area contributed by atoms with Gasteiger partial charge >= 0.3 is 0 Å². The molecule has 0 bridgehead atoms. The fourth-order valence-electron chi connectivity index (χ4n) is 1.44. The summed E-state index contributed by atoms with van der Waals surface area (Å²) >= 11 is 0. The molecule has 5 N–H and O–H groups in total. The van der Waals surface area contributed by atoms with Gasteiger partial charge in [0.25, 0.3) is 0 Å². The quantitative estimate of drug-likeness (QED) is 0.517. The van der Waals surface area contributed by atoms with Crippen molar-refractivity contribution < 1.29 is 20.4 Å². The monoisotopic (exact) mass is 241 g/mol. The predicted molar refractivity (Wildman–Crippen MR) is 63.9 cm³/mol. The average molecular weight is 241 g/mol. The molecule has 0 amide bonds. The number of nitrogens with one attached hydrogen (secondary N) is 1. The molecular weight excluding hydrogens is 222 g/mol. The number of hydrogen-bond acceptors (Lipinski definition) is 5. The smallest absolute Gasteiger partial charge is 0.124 e. The number of phenols is 2. The van der Waals surface area contributed by atoms with E-state index in [1.54, 1.807) is 6.07 Å². The zero-order valence-electron chi connectivity index (χ0n) is 10.0. The van der Waals surface area contributed by atoms with Crippen LogP contribution in [0, 0.1) is 0 Å². The number of aromatic hydroxyl groups is 2. The van der Waals surface area contributed by atoms with Crippen LogP contribution in [0.1, 0.15) is 25.5 Å². The lowest BCUT2D eigenvalue weighted by molar-refractivity contribution is 0.00101. The standard InChI is InChI=1S/C12H19NO4/c1-8(13-6-12(2,17)7-14)10-4-3-9(15)5-11(10)16/h3-5,8,13-17H,6-7H2,1-2H3. The van der Waals surface area contributed by atoms with E-state index < -0.39 is 5.60 Å². The second kappa shape index (κ2) is 5.35. The Hall–Kier alpha value is -1.30. The normalized spacial score (nSPS) is 16.5.